The molecule has 4 rings (SSSR count). The number of carbonyl (C=O) groups is 3. The zero-order valence-electron chi connectivity index (χ0n) is 23.9. The zero-order chi connectivity index (χ0) is 30.9. The SMILES string of the molecule is CN1CCN(C(=O)c2cc(OCc3cccc(OCCCC(=O)O)c3CCC(=O)O)cc(-c3c(F)cccc3F)c2)CC1. The van der Waals surface area contributed by atoms with Crippen molar-refractivity contribution in [2.75, 3.05) is 39.8 Å². The van der Waals surface area contributed by atoms with Gasteiger partial charge < -0.3 is 29.5 Å². The van der Waals surface area contributed by atoms with Crippen molar-refractivity contribution in [3.63, 3.8) is 0 Å². The minimum atomic E-state index is -1.00. The number of carboxylic acids is 2. The van der Waals surface area contributed by atoms with Crippen LogP contribution in [0.25, 0.3) is 11.1 Å². The fourth-order valence-electron chi connectivity index (χ4n) is 4.88. The number of benzene rings is 3. The quantitative estimate of drug-likeness (QED) is 0.269. The third kappa shape index (κ3) is 8.51. The van der Waals surface area contributed by atoms with Gasteiger partial charge >= 0.3 is 11.9 Å². The number of hydrogen-bond acceptors (Lipinski definition) is 6. The monoisotopic (exact) mass is 596 g/mol. The molecule has 3 aromatic rings. The van der Waals surface area contributed by atoms with E-state index in [-0.39, 0.29) is 67.2 Å². The van der Waals surface area contributed by atoms with Crippen molar-refractivity contribution in [2.45, 2.75) is 32.3 Å². The first-order chi connectivity index (χ1) is 20.6. The third-order valence-corrected chi connectivity index (χ3v) is 7.20. The Kier molecular flexibility index (Phi) is 10.7. The van der Waals surface area contributed by atoms with Crippen molar-refractivity contribution < 1.29 is 42.9 Å². The summed E-state index contributed by atoms with van der Waals surface area (Å²) in [6.07, 6.45) is 0.171. The molecule has 0 aliphatic carbocycles. The molecular weight excluding hydrogens is 562 g/mol. The summed E-state index contributed by atoms with van der Waals surface area (Å²) in [4.78, 5) is 39.4. The van der Waals surface area contributed by atoms with Crippen LogP contribution in [-0.2, 0) is 22.6 Å². The number of halogens is 2. The largest absolute Gasteiger partial charge is 0.493 e. The van der Waals surface area contributed by atoms with Gasteiger partial charge in [-0.05, 0) is 67.4 Å². The summed E-state index contributed by atoms with van der Waals surface area (Å²) in [7, 11) is 1.97. The van der Waals surface area contributed by atoms with Crippen LogP contribution in [-0.4, -0.2) is 77.7 Å². The number of rotatable bonds is 13. The molecule has 2 N–H and O–H groups in total. The fraction of sp³-hybridized carbons (Fsp3) is 0.344. The first kappa shape index (κ1) is 31.4. The van der Waals surface area contributed by atoms with Crippen molar-refractivity contribution in [3.8, 4) is 22.6 Å². The van der Waals surface area contributed by atoms with Gasteiger partial charge in [0.15, 0.2) is 0 Å². The fourth-order valence-corrected chi connectivity index (χ4v) is 4.88. The van der Waals surface area contributed by atoms with E-state index in [9.17, 15) is 28.3 Å². The molecule has 11 heteroatoms. The van der Waals surface area contributed by atoms with E-state index in [1.807, 2.05) is 7.05 Å². The molecule has 0 unspecified atom stereocenters. The molecule has 1 aliphatic heterocycles. The molecule has 43 heavy (non-hydrogen) atoms. The summed E-state index contributed by atoms with van der Waals surface area (Å²) >= 11 is 0. The molecular formula is C32H34F2N2O7. The van der Waals surface area contributed by atoms with Crippen molar-refractivity contribution in [3.05, 3.63) is 82.9 Å². The van der Waals surface area contributed by atoms with E-state index in [0.717, 1.165) is 12.1 Å². The molecule has 0 saturated carbocycles. The summed E-state index contributed by atoms with van der Waals surface area (Å²) < 4.78 is 41.5. The molecule has 1 amide bonds. The highest BCUT2D eigenvalue weighted by Crippen LogP contribution is 2.32. The molecule has 0 bridgehead atoms. The minimum Gasteiger partial charge on any atom is -0.493 e. The van der Waals surface area contributed by atoms with E-state index in [1.165, 1.54) is 24.3 Å². The lowest BCUT2D eigenvalue weighted by Crippen LogP contribution is -2.47. The number of nitrogens with zero attached hydrogens (tertiary/aromatic N) is 2. The molecule has 0 aromatic heterocycles. The van der Waals surface area contributed by atoms with Crippen LogP contribution in [0.2, 0.25) is 0 Å². The molecule has 228 valence electrons. The lowest BCUT2D eigenvalue weighted by atomic mass is 10.00. The molecule has 1 fully saturated rings. The predicted octanol–water partition coefficient (Wildman–Crippen LogP) is 4.86. The topological polar surface area (TPSA) is 117 Å². The van der Waals surface area contributed by atoms with Gasteiger partial charge in [-0.2, -0.15) is 0 Å². The van der Waals surface area contributed by atoms with Crippen LogP contribution in [0.15, 0.2) is 54.6 Å². The number of amides is 1. The number of hydrogen-bond donors (Lipinski definition) is 2. The van der Waals surface area contributed by atoms with E-state index < -0.39 is 23.6 Å². The number of piperazine rings is 1. The molecule has 1 saturated heterocycles. The lowest BCUT2D eigenvalue weighted by Gasteiger charge is -2.32. The Bertz CT molecular complexity index is 1450. The van der Waals surface area contributed by atoms with Crippen LogP contribution in [0.5, 0.6) is 11.5 Å². The number of carbonyl (C=O) groups excluding carboxylic acids is 1. The Morgan fingerprint density at radius 1 is 0.860 bits per heavy atom. The van der Waals surface area contributed by atoms with E-state index in [1.54, 1.807) is 23.1 Å². The highest BCUT2D eigenvalue weighted by molar-refractivity contribution is 5.96. The Morgan fingerprint density at radius 3 is 2.21 bits per heavy atom. The standard InChI is InChI=1S/C32H34F2N2O7/c1-35-12-14-36(15-13-35)32(41)23-17-22(31-26(33)6-3-7-27(31)34)18-24(19-23)43-20-21-5-2-8-28(25(21)10-11-30(39)40)42-16-4-9-29(37)38/h2-3,5-8,17-19H,4,9-16,20H2,1H3,(H,37,38)(H,39,40). The van der Waals surface area contributed by atoms with Gasteiger partial charge in [0.1, 0.15) is 29.7 Å². The molecule has 9 nitrogen and oxygen atoms in total. The van der Waals surface area contributed by atoms with E-state index in [4.69, 9.17) is 14.6 Å². The molecule has 0 radical (unpaired) electrons. The third-order valence-electron chi connectivity index (χ3n) is 7.20. The zero-order valence-corrected chi connectivity index (χ0v) is 23.9. The summed E-state index contributed by atoms with van der Waals surface area (Å²) in [6.45, 7) is 2.50. The van der Waals surface area contributed by atoms with Gasteiger partial charge in [0, 0.05) is 50.1 Å². The molecule has 0 spiro atoms. The summed E-state index contributed by atoms with van der Waals surface area (Å²) in [5.41, 5.74) is 1.30. The number of likely N-dealkylation sites (N-methyl/N-ethyl adjacent to an activating group) is 1. The van der Waals surface area contributed by atoms with E-state index >= 15 is 0 Å². The molecule has 3 aromatic carbocycles. The number of ether oxygens (including phenoxy) is 2. The molecule has 1 aliphatic rings. The smallest absolute Gasteiger partial charge is 0.303 e. The Morgan fingerprint density at radius 2 is 1.53 bits per heavy atom. The molecule has 1 heterocycles. The van der Waals surface area contributed by atoms with Gasteiger partial charge in [0.2, 0.25) is 0 Å². The van der Waals surface area contributed by atoms with E-state index in [2.05, 4.69) is 4.90 Å². The summed E-state index contributed by atoms with van der Waals surface area (Å²) in [5.74, 6) is -3.16. The Hall–Kier alpha value is -4.51. The number of aliphatic carboxylic acids is 2. The van der Waals surface area contributed by atoms with Gasteiger partial charge in [-0.25, -0.2) is 8.78 Å². The average Bonchev–Trinajstić information content (AvgIpc) is 2.97. The first-order valence-corrected chi connectivity index (χ1v) is 14.0. The Balaban J connectivity index is 1.64. The van der Waals surface area contributed by atoms with Crippen LogP contribution in [0.1, 0.15) is 40.7 Å². The highest BCUT2D eigenvalue weighted by Gasteiger charge is 2.23. The lowest BCUT2D eigenvalue weighted by molar-refractivity contribution is -0.138. The second kappa shape index (κ2) is 14.6. The van der Waals surface area contributed by atoms with Gasteiger partial charge in [0.05, 0.1) is 12.2 Å². The van der Waals surface area contributed by atoms with Crippen molar-refractivity contribution in [1.82, 2.24) is 9.80 Å². The maximum absolute atomic E-state index is 14.8. The van der Waals surface area contributed by atoms with Crippen molar-refractivity contribution in [2.24, 2.45) is 0 Å². The normalized spacial score (nSPS) is 13.5. The van der Waals surface area contributed by atoms with Crippen LogP contribution < -0.4 is 9.47 Å². The highest BCUT2D eigenvalue weighted by atomic mass is 19.1. The van der Waals surface area contributed by atoms with Gasteiger partial charge in [-0.3, -0.25) is 14.4 Å². The van der Waals surface area contributed by atoms with Crippen LogP contribution in [0.3, 0.4) is 0 Å². The van der Waals surface area contributed by atoms with E-state index in [0.29, 0.717) is 43.1 Å². The average molecular weight is 597 g/mol. The first-order valence-electron chi connectivity index (χ1n) is 14.0. The van der Waals surface area contributed by atoms with Gasteiger partial charge in [-0.1, -0.05) is 18.2 Å². The van der Waals surface area contributed by atoms with Crippen LogP contribution in [0, 0.1) is 11.6 Å². The van der Waals surface area contributed by atoms with Crippen molar-refractivity contribution >= 4 is 17.8 Å². The predicted molar refractivity (Wildman–Crippen MR) is 154 cm³/mol. The number of carboxylic acid groups (broad SMARTS) is 2. The maximum atomic E-state index is 14.8. The van der Waals surface area contributed by atoms with Gasteiger partial charge in [0.25, 0.3) is 5.91 Å². The van der Waals surface area contributed by atoms with Gasteiger partial charge in [-0.15, -0.1) is 0 Å². The second-order valence-corrected chi connectivity index (χ2v) is 10.4. The van der Waals surface area contributed by atoms with Crippen molar-refractivity contribution in [1.29, 1.82) is 0 Å². The second-order valence-electron chi connectivity index (χ2n) is 10.4. The Labute approximate surface area is 248 Å². The van der Waals surface area contributed by atoms with Crippen LogP contribution >= 0.6 is 0 Å². The molecule has 0 atom stereocenters. The summed E-state index contributed by atoms with van der Waals surface area (Å²) in [6, 6.07) is 13.1. The van der Waals surface area contributed by atoms with Crippen LogP contribution in [0.4, 0.5) is 8.78 Å². The minimum absolute atomic E-state index is 0.0490. The maximum Gasteiger partial charge on any atom is 0.303 e. The summed E-state index contributed by atoms with van der Waals surface area (Å²) in [5, 5.41) is 18.2.